The lowest BCUT2D eigenvalue weighted by Crippen LogP contribution is -2.10. The molecule has 3 N–H and O–H groups in total. The van der Waals surface area contributed by atoms with Gasteiger partial charge in [0.2, 0.25) is 7.37 Å². The largest absolute Gasteiger partial charge is 0.398 e. The van der Waals surface area contributed by atoms with Crippen molar-refractivity contribution in [2.75, 3.05) is 11.9 Å². The van der Waals surface area contributed by atoms with E-state index in [0.717, 1.165) is 11.1 Å². The van der Waals surface area contributed by atoms with Crippen molar-refractivity contribution in [3.63, 3.8) is 0 Å². The fraction of sp³-hybridized carbons (Fsp3) is 0.143. The molecule has 0 saturated heterocycles. The molecule has 0 aliphatic rings. The van der Waals surface area contributed by atoms with Gasteiger partial charge in [0.1, 0.15) is 0 Å². The summed E-state index contributed by atoms with van der Waals surface area (Å²) in [6, 6.07) is 14.5. The molecule has 1 unspecified atom stereocenters. The second-order valence-corrected chi connectivity index (χ2v) is 6.64. The number of rotatable bonds is 3. The highest BCUT2D eigenvalue weighted by molar-refractivity contribution is 7.66. The number of nitrogens with two attached hydrogens (primary N) is 1. The number of hydrogen-bond acceptors (Lipinski definition) is 2. The van der Waals surface area contributed by atoms with Crippen LogP contribution in [0.1, 0.15) is 6.92 Å². The quantitative estimate of drug-likeness (QED) is 0.659. The van der Waals surface area contributed by atoms with E-state index in [4.69, 9.17) is 5.73 Å². The van der Waals surface area contributed by atoms with E-state index >= 15 is 0 Å². The van der Waals surface area contributed by atoms with Crippen LogP contribution in [0.2, 0.25) is 0 Å². The highest BCUT2D eigenvalue weighted by atomic mass is 31.2. The molecular weight excluding hydrogens is 245 g/mol. The van der Waals surface area contributed by atoms with E-state index in [2.05, 4.69) is 0 Å². The predicted molar refractivity (Wildman–Crippen MR) is 76.3 cm³/mol. The lowest BCUT2D eigenvalue weighted by molar-refractivity contribution is 0.491. The van der Waals surface area contributed by atoms with Crippen LogP contribution in [0.5, 0.6) is 0 Å². The topological polar surface area (TPSA) is 63.3 Å². The van der Waals surface area contributed by atoms with Gasteiger partial charge in [-0.1, -0.05) is 43.3 Å². The Hall–Kier alpha value is -1.57. The molecular formula is C14H16NO2P. The molecule has 0 spiro atoms. The summed E-state index contributed by atoms with van der Waals surface area (Å²) in [5.74, 6) is 0. The Balaban J connectivity index is 2.67. The van der Waals surface area contributed by atoms with Crippen molar-refractivity contribution >= 4 is 18.4 Å². The molecule has 0 saturated carbocycles. The highest BCUT2D eigenvalue weighted by Crippen LogP contribution is 2.42. The molecule has 94 valence electrons. The van der Waals surface area contributed by atoms with Gasteiger partial charge < -0.3 is 10.6 Å². The highest BCUT2D eigenvalue weighted by Gasteiger charge is 2.22. The van der Waals surface area contributed by atoms with E-state index in [9.17, 15) is 9.46 Å². The van der Waals surface area contributed by atoms with Crippen molar-refractivity contribution in [2.45, 2.75) is 6.92 Å². The van der Waals surface area contributed by atoms with Crippen molar-refractivity contribution in [3.05, 3.63) is 48.5 Å². The van der Waals surface area contributed by atoms with Gasteiger partial charge in [0.15, 0.2) is 0 Å². The third kappa shape index (κ3) is 2.33. The van der Waals surface area contributed by atoms with Crippen LogP contribution in [0.15, 0.2) is 48.5 Å². The molecule has 0 fully saturated rings. The van der Waals surface area contributed by atoms with Crippen molar-refractivity contribution in [1.29, 1.82) is 0 Å². The minimum absolute atomic E-state index is 0.219. The molecule has 2 aromatic rings. The molecule has 0 aromatic heterocycles. The minimum Gasteiger partial charge on any atom is -0.398 e. The summed E-state index contributed by atoms with van der Waals surface area (Å²) in [4.78, 5) is 10.0. The van der Waals surface area contributed by atoms with E-state index in [1.54, 1.807) is 25.1 Å². The summed E-state index contributed by atoms with van der Waals surface area (Å²) in [7, 11) is -3.30. The van der Waals surface area contributed by atoms with Crippen molar-refractivity contribution in [2.24, 2.45) is 0 Å². The predicted octanol–water partition coefficient (Wildman–Crippen LogP) is 2.85. The van der Waals surface area contributed by atoms with Crippen molar-refractivity contribution in [1.82, 2.24) is 0 Å². The van der Waals surface area contributed by atoms with Crippen LogP contribution in [-0.4, -0.2) is 11.1 Å². The molecule has 4 heteroatoms. The van der Waals surface area contributed by atoms with Gasteiger partial charge >= 0.3 is 0 Å². The van der Waals surface area contributed by atoms with Crippen molar-refractivity contribution < 1.29 is 9.46 Å². The molecule has 0 aliphatic carbocycles. The maximum atomic E-state index is 12.2. The van der Waals surface area contributed by atoms with Crippen LogP contribution >= 0.6 is 7.37 Å². The molecule has 0 aliphatic heterocycles. The molecule has 0 heterocycles. The Morgan fingerprint density at radius 2 is 1.61 bits per heavy atom. The van der Waals surface area contributed by atoms with Crippen LogP contribution in [0, 0.1) is 0 Å². The first-order valence-electron chi connectivity index (χ1n) is 5.82. The van der Waals surface area contributed by atoms with E-state index < -0.39 is 7.37 Å². The summed E-state index contributed by atoms with van der Waals surface area (Å²) in [5.41, 5.74) is 8.09. The second-order valence-electron chi connectivity index (χ2n) is 4.12. The van der Waals surface area contributed by atoms with Gasteiger partial charge in [-0.2, -0.15) is 0 Å². The van der Waals surface area contributed by atoms with Gasteiger partial charge in [0.05, 0.1) is 0 Å². The van der Waals surface area contributed by atoms with E-state index in [-0.39, 0.29) is 6.16 Å². The standard InChI is InChI=1S/C14H16NO2P/c1-2-18(16,17)14-10-6-4-8-12(14)11-7-3-5-9-13(11)15/h3-10H,2,15H2,1H3,(H,16,17). The summed E-state index contributed by atoms with van der Waals surface area (Å²) in [6.07, 6.45) is 0.219. The molecule has 0 amide bonds. The molecule has 0 radical (unpaired) electrons. The van der Waals surface area contributed by atoms with Gasteiger partial charge in [-0.05, 0) is 17.7 Å². The SMILES string of the molecule is CCP(=O)(O)c1ccccc1-c1ccccc1N. The summed E-state index contributed by atoms with van der Waals surface area (Å²) in [5, 5.41) is 0.477. The lowest BCUT2D eigenvalue weighted by Gasteiger charge is -2.15. The summed E-state index contributed by atoms with van der Waals surface area (Å²) < 4.78 is 12.2. The third-order valence-corrected chi connectivity index (χ3v) is 4.96. The van der Waals surface area contributed by atoms with Crippen LogP contribution in [0.3, 0.4) is 0 Å². The lowest BCUT2D eigenvalue weighted by atomic mass is 10.0. The normalized spacial score (nSPS) is 14.1. The molecule has 1 atom stereocenters. The molecule has 18 heavy (non-hydrogen) atoms. The Morgan fingerprint density at radius 3 is 2.22 bits per heavy atom. The maximum Gasteiger partial charge on any atom is 0.229 e. The number of anilines is 1. The Kier molecular flexibility index (Phi) is 3.55. The molecule has 2 rings (SSSR count). The Labute approximate surface area is 107 Å². The van der Waals surface area contributed by atoms with E-state index in [1.165, 1.54) is 0 Å². The monoisotopic (exact) mass is 261 g/mol. The zero-order chi connectivity index (χ0) is 13.2. The number of para-hydroxylation sites is 1. The van der Waals surface area contributed by atoms with Gasteiger partial charge in [-0.25, -0.2) is 0 Å². The first-order valence-corrected chi connectivity index (χ1v) is 7.67. The smallest absolute Gasteiger partial charge is 0.229 e. The maximum absolute atomic E-state index is 12.2. The molecule has 0 bridgehead atoms. The van der Waals surface area contributed by atoms with Crippen LogP contribution in [0.4, 0.5) is 5.69 Å². The van der Waals surface area contributed by atoms with Crippen LogP contribution < -0.4 is 11.0 Å². The first kappa shape index (κ1) is 12.9. The van der Waals surface area contributed by atoms with E-state index in [1.807, 2.05) is 30.3 Å². The zero-order valence-corrected chi connectivity index (χ0v) is 11.1. The third-order valence-electron chi connectivity index (χ3n) is 2.96. The fourth-order valence-electron chi connectivity index (χ4n) is 1.92. The second kappa shape index (κ2) is 4.97. The van der Waals surface area contributed by atoms with Gasteiger partial charge in [-0.3, -0.25) is 4.57 Å². The van der Waals surface area contributed by atoms with Gasteiger partial charge in [-0.15, -0.1) is 0 Å². The Bertz CT molecular complexity index is 610. The first-order chi connectivity index (χ1) is 8.56. The van der Waals surface area contributed by atoms with Crippen LogP contribution in [0.25, 0.3) is 11.1 Å². The Morgan fingerprint density at radius 1 is 1.06 bits per heavy atom. The number of hydrogen-bond donors (Lipinski definition) is 2. The van der Waals surface area contributed by atoms with Gasteiger partial charge in [0.25, 0.3) is 0 Å². The number of benzene rings is 2. The average Bonchev–Trinajstić information content (AvgIpc) is 2.39. The van der Waals surface area contributed by atoms with Crippen molar-refractivity contribution in [3.8, 4) is 11.1 Å². The average molecular weight is 261 g/mol. The fourth-order valence-corrected chi connectivity index (χ4v) is 3.15. The van der Waals surface area contributed by atoms with E-state index in [0.29, 0.717) is 11.0 Å². The molecule has 2 aromatic carbocycles. The minimum atomic E-state index is -3.30. The summed E-state index contributed by atoms with van der Waals surface area (Å²) in [6.45, 7) is 1.71. The number of nitrogen functional groups attached to an aromatic ring is 1. The summed E-state index contributed by atoms with van der Waals surface area (Å²) >= 11 is 0. The zero-order valence-electron chi connectivity index (χ0n) is 10.2. The van der Waals surface area contributed by atoms with Gasteiger partial charge in [0, 0.05) is 22.7 Å². The molecule has 3 nitrogen and oxygen atoms in total. The van der Waals surface area contributed by atoms with Crippen LogP contribution in [-0.2, 0) is 4.57 Å².